The number of nitrogens with zero attached hydrogens (tertiary/aromatic N) is 1. The Balaban J connectivity index is 2.45. The second-order valence-corrected chi connectivity index (χ2v) is 6.29. The van der Waals surface area contributed by atoms with Gasteiger partial charge in [-0.1, -0.05) is 30.3 Å². The largest absolute Gasteiger partial charge is 0.378 e. The lowest BCUT2D eigenvalue weighted by Crippen LogP contribution is -2.36. The van der Waals surface area contributed by atoms with Crippen LogP contribution >= 0.6 is 11.3 Å². The number of benzene rings is 1. The van der Waals surface area contributed by atoms with Gasteiger partial charge in [0.2, 0.25) is 0 Å². The van der Waals surface area contributed by atoms with Crippen molar-refractivity contribution in [2.75, 3.05) is 19.8 Å². The zero-order valence-electron chi connectivity index (χ0n) is 13.9. The second kappa shape index (κ2) is 8.26. The smallest absolute Gasteiger partial charge is 0.150 e. The maximum absolute atomic E-state index is 9.07. The lowest BCUT2D eigenvalue weighted by molar-refractivity contribution is -0.0681. The molecule has 0 spiro atoms. The molecule has 3 nitrogen and oxygen atoms in total. The molecule has 1 heterocycles. The predicted octanol–water partition coefficient (Wildman–Crippen LogP) is 4.69. The number of ether oxygens (including phenoxy) is 2. The van der Waals surface area contributed by atoms with Gasteiger partial charge in [0.05, 0.1) is 18.6 Å². The van der Waals surface area contributed by atoms with Gasteiger partial charge in [-0.05, 0) is 43.3 Å². The van der Waals surface area contributed by atoms with Crippen LogP contribution in [0, 0.1) is 11.3 Å². The highest BCUT2D eigenvalue weighted by Crippen LogP contribution is 2.37. The first-order valence-electron chi connectivity index (χ1n) is 7.93. The van der Waals surface area contributed by atoms with Crippen molar-refractivity contribution in [3.05, 3.63) is 57.8 Å². The van der Waals surface area contributed by atoms with E-state index < -0.39 is 5.60 Å². The third kappa shape index (κ3) is 3.81. The Kier molecular flexibility index (Phi) is 6.35. The highest BCUT2D eigenvalue weighted by Gasteiger charge is 2.36. The number of nitriles is 1. The normalized spacial score (nSPS) is 14.9. The van der Waals surface area contributed by atoms with Crippen LogP contribution in [0.2, 0.25) is 0 Å². The minimum atomic E-state index is -0.590. The molecule has 1 aromatic heterocycles. The molecule has 0 saturated heterocycles. The lowest BCUT2D eigenvalue weighted by atomic mass is 9.90. The van der Waals surface area contributed by atoms with Crippen molar-refractivity contribution in [3.8, 4) is 6.07 Å². The summed E-state index contributed by atoms with van der Waals surface area (Å²) < 4.78 is 12.0. The van der Waals surface area contributed by atoms with Gasteiger partial charge in [-0.25, -0.2) is 0 Å². The maximum atomic E-state index is 9.07. The first-order valence-corrected chi connectivity index (χ1v) is 8.81. The Morgan fingerprint density at radius 3 is 2.43 bits per heavy atom. The molecule has 0 radical (unpaired) electrons. The van der Waals surface area contributed by atoms with E-state index in [4.69, 9.17) is 14.7 Å². The minimum absolute atomic E-state index is 0.112. The van der Waals surface area contributed by atoms with Gasteiger partial charge in [0, 0.05) is 18.1 Å². The Bertz CT molecular complexity index is 630. The summed E-state index contributed by atoms with van der Waals surface area (Å²) in [5.41, 5.74) is 1.49. The minimum Gasteiger partial charge on any atom is -0.378 e. The van der Waals surface area contributed by atoms with E-state index in [0.29, 0.717) is 19.8 Å². The average Bonchev–Trinajstić information content (AvgIpc) is 3.13. The van der Waals surface area contributed by atoms with Crippen molar-refractivity contribution >= 4 is 11.3 Å². The average molecular weight is 329 g/mol. The van der Waals surface area contributed by atoms with Gasteiger partial charge in [-0.2, -0.15) is 5.26 Å². The van der Waals surface area contributed by atoms with Crippen LogP contribution in [0.1, 0.15) is 42.7 Å². The summed E-state index contributed by atoms with van der Waals surface area (Å²) in [7, 11) is 0. The monoisotopic (exact) mass is 329 g/mol. The molecule has 0 fully saturated rings. The quantitative estimate of drug-likeness (QED) is 0.705. The van der Waals surface area contributed by atoms with Gasteiger partial charge in [-0.15, -0.1) is 11.3 Å². The molecular weight excluding hydrogens is 306 g/mol. The molecule has 0 aliphatic carbocycles. The molecule has 2 aromatic rings. The SMILES string of the molecule is CCOCC(OCC)(c1ccc(C(C)C#N)cc1)c1cccs1. The Morgan fingerprint density at radius 1 is 1.17 bits per heavy atom. The maximum Gasteiger partial charge on any atom is 0.150 e. The molecule has 122 valence electrons. The molecule has 0 N–H and O–H groups in total. The van der Waals surface area contributed by atoms with Crippen molar-refractivity contribution in [1.29, 1.82) is 5.26 Å². The molecule has 23 heavy (non-hydrogen) atoms. The highest BCUT2D eigenvalue weighted by atomic mass is 32.1. The molecule has 0 bridgehead atoms. The zero-order valence-corrected chi connectivity index (χ0v) is 14.7. The van der Waals surface area contributed by atoms with Gasteiger partial charge in [-0.3, -0.25) is 0 Å². The fraction of sp³-hybridized carbons (Fsp3) is 0.421. The van der Waals surface area contributed by atoms with Crippen molar-refractivity contribution < 1.29 is 9.47 Å². The Morgan fingerprint density at radius 2 is 1.91 bits per heavy atom. The van der Waals surface area contributed by atoms with Gasteiger partial charge in [0.25, 0.3) is 0 Å². The molecule has 2 rings (SSSR count). The predicted molar refractivity (Wildman–Crippen MR) is 93.7 cm³/mol. The van der Waals surface area contributed by atoms with Gasteiger partial charge >= 0.3 is 0 Å². The number of thiophene rings is 1. The third-order valence-electron chi connectivity index (χ3n) is 3.89. The van der Waals surface area contributed by atoms with Crippen LogP contribution in [0.15, 0.2) is 41.8 Å². The Hall–Kier alpha value is -1.67. The topological polar surface area (TPSA) is 42.2 Å². The first kappa shape index (κ1) is 17.7. The van der Waals surface area contributed by atoms with Crippen LogP contribution < -0.4 is 0 Å². The molecule has 1 aromatic carbocycles. The number of hydrogen-bond acceptors (Lipinski definition) is 4. The van der Waals surface area contributed by atoms with Crippen molar-refractivity contribution in [2.24, 2.45) is 0 Å². The van der Waals surface area contributed by atoms with E-state index in [1.54, 1.807) is 11.3 Å². The zero-order chi connectivity index (χ0) is 16.7. The lowest BCUT2D eigenvalue weighted by Gasteiger charge is -2.33. The van der Waals surface area contributed by atoms with Crippen LogP contribution in [0.25, 0.3) is 0 Å². The van der Waals surface area contributed by atoms with E-state index in [0.717, 1.165) is 16.0 Å². The van der Waals surface area contributed by atoms with Gasteiger partial charge < -0.3 is 9.47 Å². The van der Waals surface area contributed by atoms with Crippen LogP contribution in [-0.2, 0) is 15.1 Å². The van der Waals surface area contributed by atoms with Crippen molar-refractivity contribution in [1.82, 2.24) is 0 Å². The van der Waals surface area contributed by atoms with E-state index in [1.165, 1.54) is 0 Å². The summed E-state index contributed by atoms with van der Waals surface area (Å²) in [6, 6.07) is 14.5. The molecule has 2 unspecified atom stereocenters. The van der Waals surface area contributed by atoms with E-state index in [2.05, 4.69) is 29.6 Å². The summed E-state index contributed by atoms with van der Waals surface area (Å²) in [5, 5.41) is 11.1. The van der Waals surface area contributed by atoms with Crippen LogP contribution in [0.4, 0.5) is 0 Å². The van der Waals surface area contributed by atoms with Crippen LogP contribution in [0.5, 0.6) is 0 Å². The highest BCUT2D eigenvalue weighted by molar-refractivity contribution is 7.10. The molecule has 4 heteroatoms. The second-order valence-electron chi connectivity index (χ2n) is 5.35. The third-order valence-corrected chi connectivity index (χ3v) is 4.90. The van der Waals surface area contributed by atoms with Crippen molar-refractivity contribution in [2.45, 2.75) is 32.3 Å². The Labute approximate surface area is 142 Å². The summed E-state index contributed by atoms with van der Waals surface area (Å²) in [6.07, 6.45) is 0. The summed E-state index contributed by atoms with van der Waals surface area (Å²) in [4.78, 5) is 1.13. The summed E-state index contributed by atoms with van der Waals surface area (Å²) in [6.45, 7) is 7.61. The molecule has 0 saturated carbocycles. The molecule has 0 aliphatic heterocycles. The summed E-state index contributed by atoms with van der Waals surface area (Å²) >= 11 is 1.67. The van der Waals surface area contributed by atoms with Crippen molar-refractivity contribution in [3.63, 3.8) is 0 Å². The molecular formula is C19H23NO2S. The van der Waals surface area contributed by atoms with Crippen LogP contribution in [-0.4, -0.2) is 19.8 Å². The molecule has 0 amide bonds. The van der Waals surface area contributed by atoms with E-state index in [-0.39, 0.29) is 5.92 Å². The standard InChI is InChI=1S/C19H23NO2S/c1-4-21-14-19(22-5-2,18-7-6-12-23-18)17-10-8-16(9-11-17)15(3)13-20/h6-12,15H,4-5,14H2,1-3H3. The fourth-order valence-corrected chi connectivity index (χ4v) is 3.50. The van der Waals surface area contributed by atoms with E-state index >= 15 is 0 Å². The first-order chi connectivity index (χ1) is 11.2. The van der Waals surface area contributed by atoms with E-state index in [9.17, 15) is 0 Å². The van der Waals surface area contributed by atoms with Gasteiger partial charge in [0.15, 0.2) is 5.60 Å². The number of hydrogen-bond donors (Lipinski definition) is 0. The summed E-state index contributed by atoms with van der Waals surface area (Å²) in [5.74, 6) is -0.112. The van der Waals surface area contributed by atoms with Crippen LogP contribution in [0.3, 0.4) is 0 Å². The van der Waals surface area contributed by atoms with Gasteiger partial charge in [0.1, 0.15) is 0 Å². The molecule has 2 atom stereocenters. The fourth-order valence-electron chi connectivity index (χ4n) is 2.61. The number of rotatable bonds is 8. The molecule has 0 aliphatic rings. The van der Waals surface area contributed by atoms with E-state index in [1.807, 2.05) is 39.0 Å².